The molecule has 1 fully saturated rings. The predicted molar refractivity (Wildman–Crippen MR) is 138 cm³/mol. The molecule has 0 bridgehead atoms. The Morgan fingerprint density at radius 2 is 2.24 bits per heavy atom. The van der Waals surface area contributed by atoms with Gasteiger partial charge in [0.1, 0.15) is 18.8 Å². The fourth-order valence-electron chi connectivity index (χ4n) is 4.15. The first-order valence-corrected chi connectivity index (χ1v) is 13.7. The molecule has 2 amide bonds. The van der Waals surface area contributed by atoms with E-state index in [2.05, 4.69) is 20.0 Å². The van der Waals surface area contributed by atoms with Gasteiger partial charge in [-0.3, -0.25) is 9.59 Å². The molecule has 0 spiro atoms. The topological polar surface area (TPSA) is 154 Å². The molecule has 37 heavy (non-hydrogen) atoms. The maximum Gasteiger partial charge on any atom is 0.276 e. The number of hydrogen-bond donors (Lipinski definition) is 2. The lowest BCUT2D eigenvalue weighted by atomic mass is 9.94. The van der Waals surface area contributed by atoms with Gasteiger partial charge in [0.05, 0.1) is 23.1 Å². The zero-order chi connectivity index (χ0) is 26.1. The van der Waals surface area contributed by atoms with E-state index in [4.69, 9.17) is 10.6 Å². The van der Waals surface area contributed by atoms with Gasteiger partial charge in [-0.15, -0.1) is 23.1 Å². The van der Waals surface area contributed by atoms with E-state index < -0.39 is 29.9 Å². The van der Waals surface area contributed by atoms with Gasteiger partial charge in [-0.05, 0) is 29.7 Å². The summed E-state index contributed by atoms with van der Waals surface area (Å²) in [7, 11) is 1.28. The number of nitrogen functional groups attached to an aromatic ring is 1. The third-order valence-corrected chi connectivity index (χ3v) is 8.58. The molecule has 0 unspecified atom stereocenters. The maximum absolute atomic E-state index is 13.0. The number of thiazole rings is 1. The standard InChI is InChI=1S/C23H20N6O5S3/c1-34-27-16(13-10-37-23(24)25-13)19(30)26-17-14-11-36-15(18(22(32)33)29(14)20(17)31)5-3-8-28-7-2-4-12-6-9-35-21(12)28/h2-7,9-10,14,17H,8,11H2,1H3,(H3-,24,25,26,30,32,33)/b5-3+,27-16+/t14-,17+/m1/s1. The number of nitrogens with two attached hydrogens (primary N) is 1. The quantitative estimate of drug-likeness (QED) is 0.173. The first-order valence-electron chi connectivity index (χ1n) is 11.0. The number of aromatic nitrogens is 2. The second kappa shape index (κ2) is 10.3. The maximum atomic E-state index is 13.0. The number of rotatable bonds is 8. The monoisotopic (exact) mass is 556 g/mol. The number of carboxylic acid groups (broad SMARTS) is 1. The van der Waals surface area contributed by atoms with Crippen LogP contribution in [0.15, 0.2) is 63.1 Å². The number of hydrogen-bond acceptors (Lipinski definition) is 11. The van der Waals surface area contributed by atoms with Gasteiger partial charge >= 0.3 is 0 Å². The molecule has 2 aliphatic rings. The number of anilines is 1. The number of oxime groups is 1. The predicted octanol–water partition coefficient (Wildman–Crippen LogP) is 0.238. The van der Waals surface area contributed by atoms with E-state index in [1.165, 1.54) is 23.8 Å². The van der Waals surface area contributed by atoms with Crippen LogP contribution in [0.5, 0.6) is 0 Å². The van der Waals surface area contributed by atoms with E-state index in [1.54, 1.807) is 22.8 Å². The molecule has 5 rings (SSSR count). The lowest BCUT2D eigenvalue weighted by Crippen LogP contribution is -2.73. The Kier molecular flexibility index (Phi) is 6.95. The zero-order valence-corrected chi connectivity index (χ0v) is 21.8. The lowest BCUT2D eigenvalue weighted by molar-refractivity contribution is -0.658. The smallest absolute Gasteiger partial charge is 0.276 e. The molecule has 5 heterocycles. The Morgan fingerprint density at radius 1 is 1.41 bits per heavy atom. The first kappa shape index (κ1) is 24.9. The van der Waals surface area contributed by atoms with Gasteiger partial charge in [0.2, 0.25) is 0 Å². The first-order chi connectivity index (χ1) is 17.9. The minimum absolute atomic E-state index is 0.136. The zero-order valence-electron chi connectivity index (χ0n) is 19.3. The van der Waals surface area contributed by atoms with Crippen molar-refractivity contribution in [1.82, 2.24) is 15.2 Å². The SMILES string of the molecule is CO/N=C(/C(=O)N[C@@H]1C(=O)N2C(C(=O)[O-])=C(/C=C/C[n+]3cccc4ccsc43)SC[C@H]12)c1csc(N)n1. The van der Waals surface area contributed by atoms with Gasteiger partial charge in [0.15, 0.2) is 23.6 Å². The number of thiophene rings is 1. The minimum Gasteiger partial charge on any atom is -0.543 e. The summed E-state index contributed by atoms with van der Waals surface area (Å²) in [6.07, 6.45) is 5.50. The van der Waals surface area contributed by atoms with E-state index in [-0.39, 0.29) is 22.2 Å². The number of pyridine rings is 1. The number of amides is 2. The van der Waals surface area contributed by atoms with Crippen molar-refractivity contribution in [2.24, 2.45) is 5.16 Å². The summed E-state index contributed by atoms with van der Waals surface area (Å²) in [4.78, 5) is 49.4. The summed E-state index contributed by atoms with van der Waals surface area (Å²) < 4.78 is 2.06. The van der Waals surface area contributed by atoms with E-state index in [0.29, 0.717) is 17.2 Å². The lowest BCUT2D eigenvalue weighted by Gasteiger charge is -2.50. The number of aliphatic carboxylic acids is 1. The summed E-state index contributed by atoms with van der Waals surface area (Å²) in [5.74, 6) is -2.29. The van der Waals surface area contributed by atoms with Crippen LogP contribution in [0.25, 0.3) is 10.2 Å². The van der Waals surface area contributed by atoms with Crippen LogP contribution in [0.2, 0.25) is 0 Å². The summed E-state index contributed by atoms with van der Waals surface area (Å²) in [5.41, 5.74) is 5.52. The van der Waals surface area contributed by atoms with Crippen LogP contribution in [0.4, 0.5) is 5.13 Å². The molecule has 2 aliphatic heterocycles. The molecular weight excluding hydrogens is 536 g/mol. The number of carbonyl (C=O) groups is 3. The van der Waals surface area contributed by atoms with Crippen molar-refractivity contribution in [1.29, 1.82) is 0 Å². The van der Waals surface area contributed by atoms with Crippen LogP contribution in [0.1, 0.15) is 5.69 Å². The Morgan fingerprint density at radius 3 is 2.97 bits per heavy atom. The Hall–Kier alpha value is -3.75. The van der Waals surface area contributed by atoms with E-state index in [0.717, 1.165) is 21.6 Å². The molecular formula is C23H20N6O5S3. The molecule has 190 valence electrons. The van der Waals surface area contributed by atoms with Crippen LogP contribution in [0, 0.1) is 0 Å². The number of β-lactam (4-membered cyclic amide) rings is 1. The van der Waals surface area contributed by atoms with Crippen LogP contribution in [-0.2, 0) is 25.8 Å². The average Bonchev–Trinajstić information content (AvgIpc) is 3.54. The largest absolute Gasteiger partial charge is 0.543 e. The Bertz CT molecular complexity index is 1490. The van der Waals surface area contributed by atoms with Crippen LogP contribution in [-0.4, -0.2) is 58.3 Å². The Balaban J connectivity index is 1.32. The van der Waals surface area contributed by atoms with Crippen LogP contribution < -0.4 is 20.7 Å². The average molecular weight is 557 g/mol. The van der Waals surface area contributed by atoms with Gasteiger partial charge in [-0.25, -0.2) is 4.98 Å². The molecule has 0 saturated carbocycles. The summed E-state index contributed by atoms with van der Waals surface area (Å²) in [6.45, 7) is 0.529. The van der Waals surface area contributed by atoms with Crippen LogP contribution >= 0.6 is 34.4 Å². The second-order valence-corrected chi connectivity index (χ2v) is 10.8. The van der Waals surface area contributed by atoms with Crippen molar-refractivity contribution < 1.29 is 28.9 Å². The molecule has 3 aromatic heterocycles. The minimum atomic E-state index is -1.46. The fraction of sp³-hybridized carbons (Fsp3) is 0.217. The number of nitrogens with one attached hydrogen (secondary N) is 1. The highest BCUT2D eigenvalue weighted by Crippen LogP contribution is 2.39. The molecule has 14 heteroatoms. The molecule has 0 aliphatic carbocycles. The van der Waals surface area contributed by atoms with Gasteiger partial charge in [0.25, 0.3) is 16.6 Å². The van der Waals surface area contributed by atoms with Gasteiger partial charge < -0.3 is 30.7 Å². The summed E-state index contributed by atoms with van der Waals surface area (Å²) in [5, 5.41) is 23.3. The number of carboxylic acids is 1. The normalized spacial score (nSPS) is 19.8. The third-order valence-electron chi connectivity index (χ3n) is 5.79. The molecule has 0 radical (unpaired) electrons. The van der Waals surface area contributed by atoms with Crippen molar-refractivity contribution in [2.75, 3.05) is 18.6 Å². The van der Waals surface area contributed by atoms with Gasteiger partial charge in [-0.2, -0.15) is 4.57 Å². The fourth-order valence-corrected chi connectivity index (χ4v) is 6.78. The van der Waals surface area contributed by atoms with Crippen molar-refractivity contribution in [3.63, 3.8) is 0 Å². The molecule has 3 aromatic rings. The molecule has 0 aromatic carbocycles. The number of allylic oxidation sites excluding steroid dienone is 2. The highest BCUT2D eigenvalue weighted by Gasteiger charge is 2.52. The highest BCUT2D eigenvalue weighted by molar-refractivity contribution is 8.03. The third kappa shape index (κ3) is 4.70. The Labute approximate surface area is 222 Å². The van der Waals surface area contributed by atoms with Crippen molar-refractivity contribution in [2.45, 2.75) is 18.6 Å². The number of nitrogens with zero attached hydrogens (tertiary/aromatic N) is 4. The second-order valence-electron chi connectivity index (χ2n) is 7.98. The van der Waals surface area contributed by atoms with E-state index >= 15 is 0 Å². The molecule has 3 N–H and O–H groups in total. The van der Waals surface area contributed by atoms with Crippen molar-refractivity contribution in [3.05, 3.63) is 63.6 Å². The molecule has 11 nitrogen and oxygen atoms in total. The van der Waals surface area contributed by atoms with E-state index in [9.17, 15) is 19.5 Å². The van der Waals surface area contributed by atoms with Gasteiger partial charge in [-0.1, -0.05) is 16.5 Å². The van der Waals surface area contributed by atoms with Crippen molar-refractivity contribution >= 4 is 73.3 Å². The molecule has 1 saturated heterocycles. The number of fused-ring (bicyclic) bond motifs is 2. The van der Waals surface area contributed by atoms with Gasteiger partial charge in [0, 0.05) is 22.1 Å². The summed E-state index contributed by atoms with van der Waals surface area (Å²) in [6, 6.07) is 4.54. The van der Waals surface area contributed by atoms with Crippen LogP contribution in [0.3, 0.4) is 0 Å². The number of thioether (sulfide) groups is 1. The number of carbonyl (C=O) groups excluding carboxylic acids is 3. The molecule has 2 atom stereocenters. The van der Waals surface area contributed by atoms with E-state index in [1.807, 2.05) is 35.9 Å². The highest BCUT2D eigenvalue weighted by atomic mass is 32.2. The van der Waals surface area contributed by atoms with Crippen molar-refractivity contribution in [3.8, 4) is 0 Å². The summed E-state index contributed by atoms with van der Waals surface area (Å²) >= 11 is 4.04.